The lowest BCUT2D eigenvalue weighted by Crippen LogP contribution is -2.41. The van der Waals surface area contributed by atoms with E-state index in [1.54, 1.807) is 0 Å². The van der Waals surface area contributed by atoms with Crippen LogP contribution >= 0.6 is 0 Å². The van der Waals surface area contributed by atoms with Gasteiger partial charge < -0.3 is 4.74 Å². The first-order valence-electron chi connectivity index (χ1n) is 10.5. The van der Waals surface area contributed by atoms with Crippen molar-refractivity contribution in [1.82, 2.24) is 0 Å². The molecule has 0 amide bonds. The van der Waals surface area contributed by atoms with Crippen LogP contribution < -0.4 is 0 Å². The van der Waals surface area contributed by atoms with Gasteiger partial charge in [0.1, 0.15) is 0 Å². The maximum absolute atomic E-state index is 7.02. The molecule has 2 atom stereocenters. The van der Waals surface area contributed by atoms with Crippen molar-refractivity contribution in [2.24, 2.45) is 11.8 Å². The monoisotopic (exact) mass is 336 g/mol. The molecule has 4 fully saturated rings. The number of ether oxygens (including phenoxy) is 1. The summed E-state index contributed by atoms with van der Waals surface area (Å²) in [6, 6.07) is 0. The summed E-state index contributed by atoms with van der Waals surface area (Å²) in [5.74, 6) is 4.19. The van der Waals surface area contributed by atoms with Gasteiger partial charge in [0.05, 0.1) is 12.2 Å². The fourth-order valence-electron chi connectivity index (χ4n) is 5.11. The fraction of sp³-hybridized carbons (Fsp3) is 0.583. The molecule has 4 aliphatic rings. The molecule has 4 saturated carbocycles. The Bertz CT molecular complexity index is 332. The van der Waals surface area contributed by atoms with E-state index in [1.807, 2.05) is 0 Å². The van der Waals surface area contributed by atoms with Crippen LogP contribution in [0.1, 0.15) is 64.2 Å². The van der Waals surface area contributed by atoms with Crippen molar-refractivity contribution >= 4 is 0 Å². The Balaban J connectivity index is 1.48. The molecular formula is C24H32O. The van der Waals surface area contributed by atoms with Crippen LogP contribution in [-0.2, 0) is 4.74 Å². The highest BCUT2D eigenvalue weighted by Crippen LogP contribution is 2.44. The van der Waals surface area contributed by atoms with Gasteiger partial charge >= 0.3 is 0 Å². The predicted molar refractivity (Wildman–Crippen MR) is 103 cm³/mol. The second kappa shape index (κ2) is 9.25. The molecular weight excluding hydrogens is 304 g/mol. The lowest BCUT2D eigenvalue weighted by atomic mass is 9.77. The van der Waals surface area contributed by atoms with Crippen LogP contribution in [0, 0.1) is 75.0 Å². The van der Waals surface area contributed by atoms with E-state index < -0.39 is 0 Å². The van der Waals surface area contributed by atoms with E-state index >= 15 is 0 Å². The minimum atomic E-state index is 0.275. The van der Waals surface area contributed by atoms with Crippen LogP contribution in [0.2, 0.25) is 0 Å². The zero-order chi connectivity index (χ0) is 16.9. The topological polar surface area (TPSA) is 9.23 Å². The van der Waals surface area contributed by atoms with Crippen molar-refractivity contribution in [2.45, 2.75) is 76.4 Å². The van der Waals surface area contributed by atoms with Gasteiger partial charge in [-0.05, 0) is 88.9 Å². The van der Waals surface area contributed by atoms with E-state index in [-0.39, 0.29) is 12.2 Å². The van der Waals surface area contributed by atoms with Gasteiger partial charge in [0.2, 0.25) is 0 Å². The molecule has 10 radical (unpaired) electrons. The normalized spacial score (nSPS) is 30.7. The van der Waals surface area contributed by atoms with Crippen molar-refractivity contribution in [1.29, 1.82) is 0 Å². The number of hydrogen-bond acceptors (Lipinski definition) is 1. The van der Waals surface area contributed by atoms with Crippen LogP contribution in [0.25, 0.3) is 0 Å². The van der Waals surface area contributed by atoms with Crippen molar-refractivity contribution in [3.63, 3.8) is 0 Å². The Morgan fingerprint density at radius 3 is 1.28 bits per heavy atom. The van der Waals surface area contributed by atoms with Crippen molar-refractivity contribution in [3.8, 4) is 0 Å². The Labute approximate surface area is 156 Å². The Kier molecular flexibility index (Phi) is 6.78. The molecule has 1 nitrogen and oxygen atoms in total. The minimum Gasteiger partial charge on any atom is -0.373 e. The van der Waals surface area contributed by atoms with Gasteiger partial charge in [-0.3, -0.25) is 0 Å². The average molecular weight is 337 g/mol. The molecule has 0 aliphatic heterocycles. The summed E-state index contributed by atoms with van der Waals surface area (Å²) in [7, 11) is 0. The van der Waals surface area contributed by atoms with Gasteiger partial charge in [0.25, 0.3) is 0 Å². The summed E-state index contributed by atoms with van der Waals surface area (Å²) in [6.45, 7) is 0. The predicted octanol–water partition coefficient (Wildman–Crippen LogP) is 5.71. The molecule has 0 N–H and O–H groups in total. The van der Waals surface area contributed by atoms with Gasteiger partial charge in [-0.15, -0.1) is 0 Å². The summed E-state index contributed by atoms with van der Waals surface area (Å²) in [5.41, 5.74) is 0. The molecule has 0 aromatic rings. The van der Waals surface area contributed by atoms with Gasteiger partial charge in [-0.25, -0.2) is 0 Å². The average Bonchev–Trinajstić information content (AvgIpc) is 3.38. The standard InChI is InChI=1S/C24H32O/c1-3-11-19(12-4-1)23(21-15-7-8-16-21)25-24(22-17-9-10-18-22)20-13-5-2-6-14-20/h7-10,15-20,23-24H,1-6,11-14H2/t23-,24+. The maximum Gasteiger partial charge on any atom is 0.0675 e. The Morgan fingerprint density at radius 1 is 0.560 bits per heavy atom. The third-order valence-electron chi connectivity index (χ3n) is 6.48. The van der Waals surface area contributed by atoms with Crippen LogP contribution in [0.3, 0.4) is 0 Å². The fourth-order valence-corrected chi connectivity index (χ4v) is 5.11. The van der Waals surface area contributed by atoms with Gasteiger partial charge in [0, 0.05) is 11.8 Å². The SMILES string of the molecule is [CH]1[CH][CH][C]([C@@H](O[C@@H]([C]2[CH][CH][CH][CH]2)C2CCCCC2)C2CCCCC2)[CH]1. The summed E-state index contributed by atoms with van der Waals surface area (Å²) in [5, 5.41) is 0. The summed E-state index contributed by atoms with van der Waals surface area (Å²) in [6.07, 6.45) is 32.0. The van der Waals surface area contributed by atoms with E-state index in [9.17, 15) is 0 Å². The molecule has 25 heavy (non-hydrogen) atoms. The van der Waals surface area contributed by atoms with Crippen LogP contribution in [0.5, 0.6) is 0 Å². The second-order valence-corrected chi connectivity index (χ2v) is 8.21. The minimum absolute atomic E-state index is 0.275. The van der Waals surface area contributed by atoms with E-state index in [0.29, 0.717) is 11.8 Å². The summed E-state index contributed by atoms with van der Waals surface area (Å²) >= 11 is 0. The van der Waals surface area contributed by atoms with Crippen molar-refractivity contribution in [2.75, 3.05) is 0 Å². The first-order valence-corrected chi connectivity index (χ1v) is 10.5. The molecule has 4 rings (SSSR count). The molecule has 0 aromatic heterocycles. The highest BCUT2D eigenvalue weighted by molar-refractivity contribution is 5.40. The first kappa shape index (κ1) is 18.3. The van der Waals surface area contributed by atoms with E-state index in [0.717, 1.165) is 0 Å². The van der Waals surface area contributed by atoms with Gasteiger partial charge in [0.15, 0.2) is 0 Å². The summed E-state index contributed by atoms with van der Waals surface area (Å²) < 4.78 is 7.02. The largest absolute Gasteiger partial charge is 0.373 e. The molecule has 0 saturated heterocycles. The van der Waals surface area contributed by atoms with E-state index in [1.165, 1.54) is 76.0 Å². The number of hydrogen-bond donors (Lipinski definition) is 0. The quantitative estimate of drug-likeness (QED) is 0.603. The van der Waals surface area contributed by atoms with Crippen molar-refractivity contribution in [3.05, 3.63) is 63.2 Å². The van der Waals surface area contributed by atoms with E-state index in [2.05, 4.69) is 51.4 Å². The molecule has 0 aromatic carbocycles. The van der Waals surface area contributed by atoms with Crippen molar-refractivity contribution < 1.29 is 4.74 Å². The molecule has 1 heteroatoms. The molecule has 0 heterocycles. The summed E-state index contributed by atoms with van der Waals surface area (Å²) in [4.78, 5) is 0. The first-order chi connectivity index (χ1) is 12.4. The molecule has 134 valence electrons. The highest BCUT2D eigenvalue weighted by atomic mass is 16.5. The van der Waals surface area contributed by atoms with Crippen LogP contribution in [0.4, 0.5) is 0 Å². The molecule has 0 bridgehead atoms. The molecule has 0 spiro atoms. The van der Waals surface area contributed by atoms with Gasteiger partial charge in [-0.2, -0.15) is 0 Å². The lowest BCUT2D eigenvalue weighted by Gasteiger charge is -2.41. The zero-order valence-corrected chi connectivity index (χ0v) is 15.4. The van der Waals surface area contributed by atoms with Crippen LogP contribution in [-0.4, -0.2) is 12.2 Å². The third-order valence-corrected chi connectivity index (χ3v) is 6.48. The second-order valence-electron chi connectivity index (χ2n) is 8.21. The highest BCUT2D eigenvalue weighted by Gasteiger charge is 2.41. The third kappa shape index (κ3) is 4.63. The molecule has 0 unspecified atom stereocenters. The lowest BCUT2D eigenvalue weighted by molar-refractivity contribution is -0.0595. The van der Waals surface area contributed by atoms with E-state index in [4.69, 9.17) is 4.74 Å². The molecule has 4 aliphatic carbocycles. The Morgan fingerprint density at radius 2 is 0.920 bits per heavy atom. The maximum atomic E-state index is 7.02. The number of rotatable bonds is 6. The van der Waals surface area contributed by atoms with Crippen LogP contribution in [0.15, 0.2) is 0 Å². The smallest absolute Gasteiger partial charge is 0.0675 e. The Hall–Kier alpha value is -0.0400. The zero-order valence-electron chi connectivity index (χ0n) is 15.4. The van der Waals surface area contributed by atoms with Gasteiger partial charge in [-0.1, -0.05) is 38.5 Å².